The normalized spacial score (nSPS) is 16.2. The number of ketones is 1. The van der Waals surface area contributed by atoms with Gasteiger partial charge in [0, 0.05) is 24.0 Å². The maximum atomic E-state index is 11.9. The highest BCUT2D eigenvalue weighted by atomic mass is 16.6. The van der Waals surface area contributed by atoms with Crippen LogP contribution in [0.15, 0.2) is 6.07 Å². The van der Waals surface area contributed by atoms with Crippen LogP contribution in [-0.4, -0.2) is 36.3 Å². The van der Waals surface area contributed by atoms with Crippen molar-refractivity contribution in [2.75, 3.05) is 19.8 Å². The summed E-state index contributed by atoms with van der Waals surface area (Å²) in [6.07, 6.45) is 0.106. The Kier molecular flexibility index (Phi) is 3.12. The topological polar surface area (TPSA) is 40.5 Å². The molecule has 0 saturated carbocycles. The maximum absolute atomic E-state index is 11.9. The van der Waals surface area contributed by atoms with Gasteiger partial charge >= 0.3 is 0 Å². The third kappa shape index (κ3) is 2.03. The fraction of sp³-hybridized carbons (Fsp3) is 0.583. The number of rotatable bonds is 4. The molecular formula is C12H17NO3. The highest BCUT2D eigenvalue weighted by molar-refractivity contribution is 5.98. The molecule has 0 N–H and O–H groups in total. The second-order valence-corrected chi connectivity index (χ2v) is 4.24. The van der Waals surface area contributed by atoms with E-state index in [0.717, 1.165) is 17.0 Å². The first kappa shape index (κ1) is 11.4. The molecule has 1 aromatic heterocycles. The minimum atomic E-state index is 0.0492. The van der Waals surface area contributed by atoms with Gasteiger partial charge in [0.15, 0.2) is 5.78 Å². The van der Waals surface area contributed by atoms with E-state index in [1.54, 1.807) is 0 Å². The van der Waals surface area contributed by atoms with Crippen LogP contribution < -0.4 is 0 Å². The fourth-order valence-corrected chi connectivity index (χ4v) is 1.72. The van der Waals surface area contributed by atoms with E-state index >= 15 is 0 Å². The summed E-state index contributed by atoms with van der Waals surface area (Å²) in [6.45, 7) is 5.32. The third-order valence-electron chi connectivity index (χ3n) is 3.13. The van der Waals surface area contributed by atoms with Crippen LogP contribution in [0.2, 0.25) is 0 Å². The predicted molar refractivity (Wildman–Crippen MR) is 59.8 cm³/mol. The molecule has 88 valence electrons. The van der Waals surface area contributed by atoms with Gasteiger partial charge in [0.05, 0.1) is 13.2 Å². The number of Topliss-reactive ketones (excluding diaryl/α,β-unsaturated/α-hetero) is 1. The van der Waals surface area contributed by atoms with Crippen LogP contribution in [0, 0.1) is 13.8 Å². The van der Waals surface area contributed by atoms with Crippen LogP contribution in [0.1, 0.15) is 21.7 Å². The van der Waals surface area contributed by atoms with Crippen molar-refractivity contribution in [3.8, 4) is 0 Å². The number of ether oxygens (including phenoxy) is 2. The lowest BCUT2D eigenvalue weighted by molar-refractivity contribution is -0.123. The molecule has 0 amide bonds. The van der Waals surface area contributed by atoms with Gasteiger partial charge in [-0.1, -0.05) is 0 Å². The van der Waals surface area contributed by atoms with Gasteiger partial charge < -0.3 is 14.0 Å². The van der Waals surface area contributed by atoms with Crippen LogP contribution in [0.5, 0.6) is 0 Å². The monoisotopic (exact) mass is 223 g/mol. The van der Waals surface area contributed by atoms with E-state index in [9.17, 15) is 4.79 Å². The molecule has 2 rings (SSSR count). The number of aryl methyl sites for hydroxylation is 1. The maximum Gasteiger partial charge on any atom is 0.190 e. The van der Waals surface area contributed by atoms with Crippen molar-refractivity contribution >= 4 is 5.78 Å². The van der Waals surface area contributed by atoms with Crippen molar-refractivity contribution < 1.29 is 14.3 Å². The van der Waals surface area contributed by atoms with Crippen molar-refractivity contribution in [1.29, 1.82) is 0 Å². The van der Waals surface area contributed by atoms with Gasteiger partial charge in [0.2, 0.25) is 0 Å². The van der Waals surface area contributed by atoms with Gasteiger partial charge in [-0.15, -0.1) is 0 Å². The molecule has 1 aromatic rings. The zero-order chi connectivity index (χ0) is 11.7. The summed E-state index contributed by atoms with van der Waals surface area (Å²) in [4.78, 5) is 11.9. The van der Waals surface area contributed by atoms with Crippen molar-refractivity contribution in [2.24, 2.45) is 7.05 Å². The second kappa shape index (κ2) is 4.39. The lowest BCUT2D eigenvalue weighted by atomic mass is 10.1. The first-order valence-electron chi connectivity index (χ1n) is 5.45. The Morgan fingerprint density at radius 2 is 2.25 bits per heavy atom. The van der Waals surface area contributed by atoms with E-state index in [0.29, 0.717) is 13.2 Å². The summed E-state index contributed by atoms with van der Waals surface area (Å²) in [5, 5.41) is 0. The SMILES string of the molecule is Cc1cc(C(=O)COC2COC2)c(C)n1C. The standard InChI is InChI=1S/C12H17NO3/c1-8-4-11(9(2)13(8)3)12(14)7-16-10-5-15-6-10/h4,10H,5-7H2,1-3H3. The van der Waals surface area contributed by atoms with Gasteiger partial charge in [-0.3, -0.25) is 4.79 Å². The van der Waals surface area contributed by atoms with E-state index in [1.807, 2.05) is 31.5 Å². The smallest absolute Gasteiger partial charge is 0.190 e. The van der Waals surface area contributed by atoms with Gasteiger partial charge in [-0.2, -0.15) is 0 Å². The Morgan fingerprint density at radius 3 is 2.69 bits per heavy atom. The molecule has 4 nitrogen and oxygen atoms in total. The molecule has 1 saturated heterocycles. The molecule has 2 heterocycles. The van der Waals surface area contributed by atoms with E-state index in [1.165, 1.54) is 0 Å². The second-order valence-electron chi connectivity index (χ2n) is 4.24. The number of nitrogens with zero attached hydrogens (tertiary/aromatic N) is 1. The number of hydrogen-bond donors (Lipinski definition) is 0. The first-order valence-corrected chi connectivity index (χ1v) is 5.45. The van der Waals surface area contributed by atoms with Crippen LogP contribution in [0.4, 0.5) is 0 Å². The third-order valence-corrected chi connectivity index (χ3v) is 3.13. The van der Waals surface area contributed by atoms with Crippen LogP contribution in [0.3, 0.4) is 0 Å². The van der Waals surface area contributed by atoms with Crippen LogP contribution >= 0.6 is 0 Å². The number of aromatic nitrogens is 1. The predicted octanol–water partition coefficient (Wildman–Crippen LogP) is 1.24. The number of carbonyl (C=O) groups excluding carboxylic acids is 1. The molecule has 4 heteroatoms. The van der Waals surface area contributed by atoms with E-state index in [4.69, 9.17) is 9.47 Å². The Balaban J connectivity index is 1.99. The summed E-state index contributed by atoms with van der Waals surface area (Å²) in [6, 6.07) is 1.91. The average molecular weight is 223 g/mol. The van der Waals surface area contributed by atoms with Crippen LogP contribution in [0.25, 0.3) is 0 Å². The average Bonchev–Trinajstić information content (AvgIpc) is 2.43. The highest BCUT2D eigenvalue weighted by Gasteiger charge is 2.21. The zero-order valence-electron chi connectivity index (χ0n) is 9.95. The van der Waals surface area contributed by atoms with Gasteiger partial charge in [0.1, 0.15) is 12.7 Å². The highest BCUT2D eigenvalue weighted by Crippen LogP contribution is 2.15. The van der Waals surface area contributed by atoms with Crippen LogP contribution in [-0.2, 0) is 16.5 Å². The lowest BCUT2D eigenvalue weighted by Crippen LogP contribution is -2.37. The Hall–Kier alpha value is -1.13. The van der Waals surface area contributed by atoms with Crippen molar-refractivity contribution in [3.63, 3.8) is 0 Å². The molecule has 0 radical (unpaired) electrons. The van der Waals surface area contributed by atoms with Crippen molar-refractivity contribution in [3.05, 3.63) is 23.0 Å². The lowest BCUT2D eigenvalue weighted by Gasteiger charge is -2.25. The summed E-state index contributed by atoms with van der Waals surface area (Å²) in [5.74, 6) is 0.0492. The van der Waals surface area contributed by atoms with Crippen molar-refractivity contribution in [1.82, 2.24) is 4.57 Å². The molecule has 0 unspecified atom stereocenters. The molecule has 1 aliphatic rings. The number of carbonyl (C=O) groups is 1. The molecule has 1 fully saturated rings. The minimum Gasteiger partial charge on any atom is -0.376 e. The largest absolute Gasteiger partial charge is 0.376 e. The van der Waals surface area contributed by atoms with Gasteiger partial charge in [-0.05, 0) is 19.9 Å². The van der Waals surface area contributed by atoms with Gasteiger partial charge in [-0.25, -0.2) is 0 Å². The molecule has 16 heavy (non-hydrogen) atoms. The quantitative estimate of drug-likeness (QED) is 0.721. The van der Waals surface area contributed by atoms with Gasteiger partial charge in [0.25, 0.3) is 0 Å². The first-order chi connectivity index (χ1) is 7.59. The molecule has 0 aromatic carbocycles. The van der Waals surface area contributed by atoms with E-state index in [-0.39, 0.29) is 18.5 Å². The number of hydrogen-bond acceptors (Lipinski definition) is 3. The molecule has 0 aliphatic carbocycles. The molecule has 0 bridgehead atoms. The summed E-state index contributed by atoms with van der Waals surface area (Å²) in [7, 11) is 1.96. The Labute approximate surface area is 95.2 Å². The summed E-state index contributed by atoms with van der Waals surface area (Å²) in [5.41, 5.74) is 2.85. The fourth-order valence-electron chi connectivity index (χ4n) is 1.72. The van der Waals surface area contributed by atoms with E-state index < -0.39 is 0 Å². The molecule has 1 aliphatic heterocycles. The molecular weight excluding hydrogens is 206 g/mol. The molecule has 0 spiro atoms. The summed E-state index contributed by atoms with van der Waals surface area (Å²) < 4.78 is 12.4. The van der Waals surface area contributed by atoms with E-state index in [2.05, 4.69) is 0 Å². The minimum absolute atomic E-state index is 0.0492. The zero-order valence-corrected chi connectivity index (χ0v) is 9.95. The molecule has 0 atom stereocenters. The Bertz CT molecular complexity index is 405. The Morgan fingerprint density at radius 1 is 1.56 bits per heavy atom. The van der Waals surface area contributed by atoms with Crippen molar-refractivity contribution in [2.45, 2.75) is 20.0 Å². The summed E-state index contributed by atoms with van der Waals surface area (Å²) >= 11 is 0.